The Bertz CT molecular complexity index is 517. The van der Waals surface area contributed by atoms with Crippen LogP contribution in [0, 0.1) is 5.92 Å². The van der Waals surface area contributed by atoms with Gasteiger partial charge in [-0.15, -0.1) is 0 Å². The predicted octanol–water partition coefficient (Wildman–Crippen LogP) is 0.804. The summed E-state index contributed by atoms with van der Waals surface area (Å²) in [5.74, 6) is 1.06. The molecule has 22 heavy (non-hydrogen) atoms. The summed E-state index contributed by atoms with van der Waals surface area (Å²) in [7, 11) is 0. The standard InChI is InChI=1S/C14H21N5O2S/c20-12(15-6-8-22-14-16-9-17-18-14)11-3-1-2-7-19(11)13(21)10-4-5-10/h9-11H,1-8H2,(H,15,20)(H,16,17,18)/t11-/m0/s1. The Morgan fingerprint density at radius 3 is 2.95 bits per heavy atom. The highest BCUT2D eigenvalue weighted by molar-refractivity contribution is 7.99. The van der Waals surface area contributed by atoms with Crippen molar-refractivity contribution in [1.82, 2.24) is 25.4 Å². The molecular formula is C14H21N5O2S. The third kappa shape index (κ3) is 3.79. The first-order chi connectivity index (χ1) is 10.8. The molecule has 1 aromatic rings. The van der Waals surface area contributed by atoms with Crippen molar-refractivity contribution in [3.8, 4) is 0 Å². The number of aromatic amines is 1. The van der Waals surface area contributed by atoms with E-state index in [1.165, 1.54) is 18.1 Å². The highest BCUT2D eigenvalue weighted by Crippen LogP contribution is 2.33. The molecule has 0 aromatic carbocycles. The quantitative estimate of drug-likeness (QED) is 0.597. The number of hydrogen-bond acceptors (Lipinski definition) is 5. The number of carbonyl (C=O) groups is 2. The number of nitrogens with one attached hydrogen (secondary N) is 2. The molecule has 120 valence electrons. The van der Waals surface area contributed by atoms with Crippen LogP contribution in [0.1, 0.15) is 32.1 Å². The molecule has 3 rings (SSSR count). The van der Waals surface area contributed by atoms with Crippen LogP contribution in [-0.4, -0.2) is 56.8 Å². The molecule has 1 aromatic heterocycles. The van der Waals surface area contributed by atoms with Crippen molar-refractivity contribution in [3.05, 3.63) is 6.33 Å². The maximum atomic E-state index is 12.4. The van der Waals surface area contributed by atoms with Crippen LogP contribution in [0.15, 0.2) is 11.5 Å². The van der Waals surface area contributed by atoms with E-state index in [1.54, 1.807) is 4.90 Å². The number of H-pyrrole nitrogens is 1. The molecule has 2 heterocycles. The highest BCUT2D eigenvalue weighted by atomic mass is 32.2. The number of rotatable bonds is 6. The summed E-state index contributed by atoms with van der Waals surface area (Å²) < 4.78 is 0. The number of likely N-dealkylation sites (tertiary alicyclic amines) is 1. The van der Waals surface area contributed by atoms with Gasteiger partial charge in [0.05, 0.1) is 0 Å². The molecule has 0 spiro atoms. The second kappa shape index (κ2) is 7.13. The number of carbonyl (C=O) groups excluding carboxylic acids is 2. The van der Waals surface area contributed by atoms with Gasteiger partial charge in [-0.25, -0.2) is 4.98 Å². The van der Waals surface area contributed by atoms with Crippen molar-refractivity contribution in [1.29, 1.82) is 0 Å². The van der Waals surface area contributed by atoms with Crippen LogP contribution in [0.3, 0.4) is 0 Å². The van der Waals surface area contributed by atoms with Gasteiger partial charge in [-0.3, -0.25) is 14.7 Å². The Hall–Kier alpha value is -1.57. The van der Waals surface area contributed by atoms with E-state index in [-0.39, 0.29) is 23.8 Å². The maximum absolute atomic E-state index is 12.4. The van der Waals surface area contributed by atoms with Crippen LogP contribution in [0.25, 0.3) is 0 Å². The van der Waals surface area contributed by atoms with Crippen molar-refractivity contribution < 1.29 is 9.59 Å². The van der Waals surface area contributed by atoms with Crippen LogP contribution < -0.4 is 5.32 Å². The van der Waals surface area contributed by atoms with Crippen LogP contribution in [0.2, 0.25) is 0 Å². The normalized spacial score (nSPS) is 21.6. The van der Waals surface area contributed by atoms with Crippen LogP contribution in [0.5, 0.6) is 0 Å². The van der Waals surface area contributed by atoms with Crippen molar-refractivity contribution in [2.24, 2.45) is 5.92 Å². The third-order valence-corrected chi connectivity index (χ3v) is 4.93. The van der Waals surface area contributed by atoms with E-state index < -0.39 is 0 Å². The van der Waals surface area contributed by atoms with Gasteiger partial charge in [-0.05, 0) is 32.1 Å². The average molecular weight is 323 g/mol. The minimum Gasteiger partial charge on any atom is -0.353 e. The zero-order valence-electron chi connectivity index (χ0n) is 12.5. The summed E-state index contributed by atoms with van der Waals surface area (Å²) in [5.41, 5.74) is 0. The van der Waals surface area contributed by atoms with Gasteiger partial charge >= 0.3 is 0 Å². The summed E-state index contributed by atoms with van der Waals surface area (Å²) in [4.78, 5) is 30.5. The number of thioether (sulfide) groups is 1. The van der Waals surface area contributed by atoms with Gasteiger partial charge in [0.2, 0.25) is 11.8 Å². The van der Waals surface area contributed by atoms with E-state index in [1.807, 2.05) is 0 Å². The first-order valence-corrected chi connectivity index (χ1v) is 8.80. The zero-order chi connectivity index (χ0) is 15.4. The molecule has 0 radical (unpaired) electrons. The fraction of sp³-hybridized carbons (Fsp3) is 0.714. The van der Waals surface area contributed by atoms with E-state index in [0.717, 1.165) is 49.6 Å². The minimum absolute atomic E-state index is 0.0214. The van der Waals surface area contributed by atoms with Gasteiger partial charge in [0.15, 0.2) is 5.16 Å². The molecule has 0 unspecified atom stereocenters. The lowest BCUT2D eigenvalue weighted by molar-refractivity contribution is -0.143. The number of aromatic nitrogens is 3. The van der Waals surface area contributed by atoms with E-state index in [9.17, 15) is 9.59 Å². The molecule has 8 heteroatoms. The second-order valence-electron chi connectivity index (χ2n) is 5.75. The van der Waals surface area contributed by atoms with Crippen molar-refractivity contribution in [2.45, 2.75) is 43.3 Å². The van der Waals surface area contributed by atoms with E-state index in [4.69, 9.17) is 0 Å². The smallest absolute Gasteiger partial charge is 0.242 e. The first kappa shape index (κ1) is 15.3. The lowest BCUT2D eigenvalue weighted by atomic mass is 10.0. The third-order valence-electron chi connectivity index (χ3n) is 4.05. The monoisotopic (exact) mass is 323 g/mol. The summed E-state index contributed by atoms with van der Waals surface area (Å²) in [6.45, 7) is 1.28. The Kier molecular flexibility index (Phi) is 4.97. The SMILES string of the molecule is O=C(NCCSc1ncn[nH]1)[C@@H]1CCCCN1C(=O)C1CC1. The van der Waals surface area contributed by atoms with Gasteiger partial charge in [0, 0.05) is 24.8 Å². The molecule has 0 bridgehead atoms. The Labute approximate surface area is 133 Å². The van der Waals surface area contributed by atoms with Gasteiger partial charge in [0.25, 0.3) is 0 Å². The Balaban J connectivity index is 1.45. The fourth-order valence-corrected chi connectivity index (χ4v) is 3.37. The van der Waals surface area contributed by atoms with Crippen molar-refractivity contribution in [3.63, 3.8) is 0 Å². The summed E-state index contributed by atoms with van der Waals surface area (Å²) in [6.07, 6.45) is 6.22. The second-order valence-corrected chi connectivity index (χ2v) is 6.83. The molecule has 2 aliphatic rings. The number of piperidine rings is 1. The maximum Gasteiger partial charge on any atom is 0.242 e. The minimum atomic E-state index is -0.280. The van der Waals surface area contributed by atoms with E-state index >= 15 is 0 Å². The molecule has 2 N–H and O–H groups in total. The zero-order valence-corrected chi connectivity index (χ0v) is 13.3. The topological polar surface area (TPSA) is 91.0 Å². The number of amides is 2. The molecule has 1 aliphatic carbocycles. The number of hydrogen-bond donors (Lipinski definition) is 2. The summed E-state index contributed by atoms with van der Waals surface area (Å²) >= 11 is 1.51. The van der Waals surface area contributed by atoms with Crippen LogP contribution in [-0.2, 0) is 9.59 Å². The van der Waals surface area contributed by atoms with Crippen LogP contribution >= 0.6 is 11.8 Å². The molecule has 1 atom stereocenters. The average Bonchev–Trinajstić information content (AvgIpc) is 3.27. The van der Waals surface area contributed by atoms with Gasteiger partial charge in [-0.1, -0.05) is 11.8 Å². The first-order valence-electron chi connectivity index (χ1n) is 7.82. The highest BCUT2D eigenvalue weighted by Gasteiger charge is 2.39. The summed E-state index contributed by atoms with van der Waals surface area (Å²) in [6, 6.07) is -0.280. The van der Waals surface area contributed by atoms with Gasteiger partial charge in [0.1, 0.15) is 12.4 Å². The molecule has 2 amide bonds. The molecular weight excluding hydrogens is 302 g/mol. The molecule has 7 nitrogen and oxygen atoms in total. The molecule has 1 aliphatic heterocycles. The predicted molar refractivity (Wildman–Crippen MR) is 82.2 cm³/mol. The van der Waals surface area contributed by atoms with E-state index in [0.29, 0.717) is 6.54 Å². The molecule has 2 fully saturated rings. The van der Waals surface area contributed by atoms with Gasteiger partial charge in [-0.2, -0.15) is 5.10 Å². The lowest BCUT2D eigenvalue weighted by Gasteiger charge is -2.34. The van der Waals surface area contributed by atoms with Crippen LogP contribution in [0.4, 0.5) is 0 Å². The largest absolute Gasteiger partial charge is 0.353 e. The Morgan fingerprint density at radius 2 is 2.23 bits per heavy atom. The molecule has 1 saturated carbocycles. The number of nitrogens with zero attached hydrogens (tertiary/aromatic N) is 3. The Morgan fingerprint density at radius 1 is 1.36 bits per heavy atom. The molecule has 1 saturated heterocycles. The van der Waals surface area contributed by atoms with Crippen molar-refractivity contribution >= 4 is 23.6 Å². The lowest BCUT2D eigenvalue weighted by Crippen LogP contribution is -2.52. The van der Waals surface area contributed by atoms with E-state index in [2.05, 4.69) is 20.5 Å². The fourth-order valence-electron chi connectivity index (χ4n) is 2.74. The van der Waals surface area contributed by atoms with Crippen molar-refractivity contribution in [2.75, 3.05) is 18.8 Å². The van der Waals surface area contributed by atoms with Gasteiger partial charge < -0.3 is 10.2 Å². The summed E-state index contributed by atoms with van der Waals surface area (Å²) in [5, 5.41) is 10.2.